The summed E-state index contributed by atoms with van der Waals surface area (Å²) in [6.07, 6.45) is 0. The number of para-hydroxylation sites is 1. The van der Waals surface area contributed by atoms with Crippen LogP contribution in [0.1, 0.15) is 0 Å². The molecule has 0 saturated heterocycles. The van der Waals surface area contributed by atoms with Crippen molar-refractivity contribution in [3.05, 3.63) is 243 Å². The number of rotatable bonds is 9. The smallest absolute Gasteiger partial charge is 0.227 e. The minimum Gasteiger partial charge on any atom is -0.455 e. The first-order chi connectivity index (χ1) is 32.2. The number of fused-ring (bicyclic) bond motifs is 4. The number of anilines is 3. The molecule has 0 radical (unpaired) electrons. The Balaban J connectivity index is 0.956. The van der Waals surface area contributed by atoms with E-state index in [1.54, 1.807) is 0 Å². The number of hydrogen-bond donors (Lipinski definition) is 0. The predicted molar refractivity (Wildman–Crippen MR) is 269 cm³/mol. The van der Waals surface area contributed by atoms with E-state index in [4.69, 9.17) is 13.8 Å². The molecule has 0 bridgehead atoms. The lowest BCUT2D eigenvalue weighted by Gasteiger charge is -2.26. The van der Waals surface area contributed by atoms with Crippen molar-refractivity contribution in [1.82, 2.24) is 4.98 Å². The van der Waals surface area contributed by atoms with Gasteiger partial charge in [-0.3, -0.25) is 0 Å². The number of benzene rings is 10. The van der Waals surface area contributed by atoms with Crippen LogP contribution in [0.3, 0.4) is 0 Å². The van der Waals surface area contributed by atoms with Crippen molar-refractivity contribution in [1.29, 1.82) is 0 Å². The molecule has 65 heavy (non-hydrogen) atoms. The third-order valence-corrected chi connectivity index (χ3v) is 12.3. The number of furan rings is 1. The van der Waals surface area contributed by atoms with E-state index in [1.165, 1.54) is 27.8 Å². The molecule has 306 valence electrons. The van der Waals surface area contributed by atoms with E-state index in [0.717, 1.165) is 77.9 Å². The number of hydrogen-bond acceptors (Lipinski definition) is 4. The molecular weight excluding hydrogens is 793 g/mol. The molecule has 4 heteroatoms. The van der Waals surface area contributed by atoms with Gasteiger partial charge in [-0.25, -0.2) is 4.98 Å². The maximum absolute atomic E-state index is 6.64. The van der Waals surface area contributed by atoms with Gasteiger partial charge in [0.25, 0.3) is 0 Å². The molecule has 2 aromatic heterocycles. The second-order valence-corrected chi connectivity index (χ2v) is 16.3. The summed E-state index contributed by atoms with van der Waals surface area (Å²) in [4.78, 5) is 7.34. The van der Waals surface area contributed by atoms with Crippen LogP contribution in [0.15, 0.2) is 251 Å². The molecule has 0 aliphatic carbocycles. The third kappa shape index (κ3) is 7.13. The zero-order valence-corrected chi connectivity index (χ0v) is 35.3. The summed E-state index contributed by atoms with van der Waals surface area (Å²) in [5.41, 5.74) is 18.4. The van der Waals surface area contributed by atoms with Crippen LogP contribution >= 0.6 is 0 Å². The molecule has 0 spiro atoms. The first-order valence-electron chi connectivity index (χ1n) is 21.9. The fourth-order valence-corrected chi connectivity index (χ4v) is 9.03. The largest absolute Gasteiger partial charge is 0.455 e. The molecule has 0 aliphatic rings. The molecule has 0 amide bonds. The van der Waals surface area contributed by atoms with E-state index in [0.29, 0.717) is 11.5 Å². The molecule has 0 fully saturated rings. The lowest BCUT2D eigenvalue weighted by atomic mass is 9.98. The normalized spacial score (nSPS) is 11.4. The molecule has 12 aromatic rings. The van der Waals surface area contributed by atoms with Crippen molar-refractivity contribution in [3.8, 4) is 67.1 Å². The second kappa shape index (κ2) is 16.2. The SMILES string of the molecule is c1ccc(-c2ccc(-c3ccc(N(c4ccc(-c5c6oc(-c7ccccc7)nc6cc6c5oc5ccccc56)cc4)c4cccc(-c5ccc(-c6ccccc6)cc5)c4)cc3)cc2)cc1. The summed E-state index contributed by atoms with van der Waals surface area (Å²) in [6, 6.07) is 85.4. The Hall–Kier alpha value is -8.73. The van der Waals surface area contributed by atoms with E-state index < -0.39 is 0 Å². The Bertz CT molecular complexity index is 3600. The molecule has 4 nitrogen and oxygen atoms in total. The van der Waals surface area contributed by atoms with Gasteiger partial charge in [0.1, 0.15) is 16.7 Å². The number of aromatic nitrogens is 1. The summed E-state index contributed by atoms with van der Waals surface area (Å²) in [6.45, 7) is 0. The van der Waals surface area contributed by atoms with E-state index in [9.17, 15) is 0 Å². The van der Waals surface area contributed by atoms with Gasteiger partial charge in [-0.2, -0.15) is 0 Å². The summed E-state index contributed by atoms with van der Waals surface area (Å²) < 4.78 is 13.3. The third-order valence-electron chi connectivity index (χ3n) is 12.3. The van der Waals surface area contributed by atoms with Gasteiger partial charge in [0.15, 0.2) is 5.58 Å². The highest BCUT2D eigenvalue weighted by molar-refractivity contribution is 6.16. The van der Waals surface area contributed by atoms with Crippen molar-refractivity contribution in [2.75, 3.05) is 4.90 Å². The monoisotopic (exact) mass is 832 g/mol. The van der Waals surface area contributed by atoms with Crippen molar-refractivity contribution in [2.45, 2.75) is 0 Å². The Morgan fingerprint density at radius 3 is 1.31 bits per heavy atom. The van der Waals surface area contributed by atoms with Crippen molar-refractivity contribution in [3.63, 3.8) is 0 Å². The molecule has 0 N–H and O–H groups in total. The highest BCUT2D eigenvalue weighted by Crippen LogP contribution is 2.44. The summed E-state index contributed by atoms with van der Waals surface area (Å²) in [5, 5.41) is 2.05. The van der Waals surface area contributed by atoms with Crippen LogP contribution in [0.2, 0.25) is 0 Å². The average Bonchev–Trinajstić information content (AvgIpc) is 3.99. The van der Waals surface area contributed by atoms with E-state index in [-0.39, 0.29) is 0 Å². The minimum absolute atomic E-state index is 0.576. The van der Waals surface area contributed by atoms with Gasteiger partial charge in [-0.15, -0.1) is 0 Å². The van der Waals surface area contributed by atoms with Gasteiger partial charge in [-0.1, -0.05) is 182 Å². The molecule has 2 heterocycles. The Kier molecular flexibility index (Phi) is 9.46. The van der Waals surface area contributed by atoms with Gasteiger partial charge in [0, 0.05) is 33.4 Å². The van der Waals surface area contributed by atoms with Gasteiger partial charge >= 0.3 is 0 Å². The van der Waals surface area contributed by atoms with Crippen LogP contribution in [-0.2, 0) is 0 Å². The van der Waals surface area contributed by atoms with Gasteiger partial charge in [0.2, 0.25) is 5.89 Å². The maximum Gasteiger partial charge on any atom is 0.227 e. The molecule has 0 unspecified atom stereocenters. The summed E-state index contributed by atoms with van der Waals surface area (Å²) in [7, 11) is 0. The highest BCUT2D eigenvalue weighted by Gasteiger charge is 2.22. The quantitative estimate of drug-likeness (QED) is 0.145. The first-order valence-corrected chi connectivity index (χ1v) is 21.9. The van der Waals surface area contributed by atoms with Crippen LogP contribution < -0.4 is 4.90 Å². The molecule has 10 aromatic carbocycles. The van der Waals surface area contributed by atoms with Crippen molar-refractivity contribution in [2.24, 2.45) is 0 Å². The van der Waals surface area contributed by atoms with Crippen molar-refractivity contribution >= 4 is 50.1 Å². The lowest BCUT2D eigenvalue weighted by Crippen LogP contribution is -2.10. The van der Waals surface area contributed by atoms with Crippen LogP contribution in [0, 0.1) is 0 Å². The molecule has 12 rings (SSSR count). The Morgan fingerprint density at radius 1 is 0.292 bits per heavy atom. The molecule has 0 atom stereocenters. The van der Waals surface area contributed by atoms with Gasteiger partial charge in [0.05, 0.1) is 5.56 Å². The zero-order chi connectivity index (χ0) is 43.1. The van der Waals surface area contributed by atoms with Crippen LogP contribution in [0.25, 0.3) is 100 Å². The van der Waals surface area contributed by atoms with Crippen LogP contribution in [0.5, 0.6) is 0 Å². The standard InChI is InChI=1S/C61H40N2O2/c1-4-13-41(14-5-1)43-23-25-45(26-24-43)46-31-35-51(36-32-46)63(53-20-12-19-50(39-53)47-29-27-44(28-30-47)42-15-6-2-7-16-42)52-37-33-48(34-38-52)58-59-55(54-21-10-11-22-57(54)64-59)40-56-60(58)65-61(62-56)49-17-8-3-9-18-49/h1-40H. The lowest BCUT2D eigenvalue weighted by molar-refractivity contribution is 0.619. The first kappa shape index (κ1) is 38.0. The van der Waals surface area contributed by atoms with E-state index >= 15 is 0 Å². The van der Waals surface area contributed by atoms with E-state index in [2.05, 4.69) is 199 Å². The van der Waals surface area contributed by atoms with Crippen LogP contribution in [-0.4, -0.2) is 4.98 Å². The predicted octanol–water partition coefficient (Wildman–Crippen LogP) is 17.2. The number of nitrogens with zero attached hydrogens (tertiary/aromatic N) is 2. The van der Waals surface area contributed by atoms with Crippen molar-refractivity contribution < 1.29 is 8.83 Å². The fraction of sp³-hybridized carbons (Fsp3) is 0. The second-order valence-electron chi connectivity index (χ2n) is 16.3. The molecular formula is C61H40N2O2. The van der Waals surface area contributed by atoms with Gasteiger partial charge < -0.3 is 13.7 Å². The summed E-state index contributed by atoms with van der Waals surface area (Å²) >= 11 is 0. The maximum atomic E-state index is 6.64. The topological polar surface area (TPSA) is 42.4 Å². The van der Waals surface area contributed by atoms with Crippen LogP contribution in [0.4, 0.5) is 17.1 Å². The van der Waals surface area contributed by atoms with Gasteiger partial charge in [-0.05, 0) is 111 Å². The Labute approximate surface area is 377 Å². The zero-order valence-electron chi connectivity index (χ0n) is 35.3. The fourth-order valence-electron chi connectivity index (χ4n) is 9.03. The molecule has 0 saturated carbocycles. The minimum atomic E-state index is 0.576. The molecule has 0 aliphatic heterocycles. The summed E-state index contributed by atoms with van der Waals surface area (Å²) in [5.74, 6) is 0.576. The Morgan fingerprint density at radius 2 is 0.738 bits per heavy atom. The average molecular weight is 833 g/mol. The number of oxazole rings is 1. The highest BCUT2D eigenvalue weighted by atomic mass is 16.4. The van der Waals surface area contributed by atoms with E-state index in [1.807, 2.05) is 48.5 Å².